The topological polar surface area (TPSA) is 91.6 Å². The van der Waals surface area contributed by atoms with Gasteiger partial charge in [0.25, 0.3) is 11.6 Å². The molecule has 1 amide bonds. The van der Waals surface area contributed by atoms with Gasteiger partial charge in [0.2, 0.25) is 0 Å². The summed E-state index contributed by atoms with van der Waals surface area (Å²) in [6.45, 7) is 2.38. The molecule has 2 heterocycles. The van der Waals surface area contributed by atoms with Crippen molar-refractivity contribution in [3.63, 3.8) is 0 Å². The van der Waals surface area contributed by atoms with Crippen LogP contribution >= 0.6 is 0 Å². The number of rotatable bonds is 5. The minimum atomic E-state index is -0.841. The van der Waals surface area contributed by atoms with E-state index in [2.05, 4.69) is 15.2 Å². The van der Waals surface area contributed by atoms with E-state index in [0.29, 0.717) is 37.9 Å². The summed E-state index contributed by atoms with van der Waals surface area (Å²) in [4.78, 5) is 32.0. The number of nitro groups is 1. The smallest absolute Gasteiger partial charge is 0.293 e. The number of aromatic nitrogens is 1. The normalized spacial score (nSPS) is 13.7. The Morgan fingerprint density at radius 1 is 0.969 bits per heavy atom. The van der Waals surface area contributed by atoms with Crippen molar-refractivity contribution in [2.75, 3.05) is 41.3 Å². The molecule has 164 valence electrons. The Morgan fingerprint density at radius 3 is 2.28 bits per heavy atom. The number of carbonyl (C=O) groups excluding carboxylic acids is 1. The van der Waals surface area contributed by atoms with E-state index in [1.54, 1.807) is 6.20 Å². The molecule has 3 aromatic rings. The van der Waals surface area contributed by atoms with Crippen LogP contribution < -0.4 is 15.1 Å². The van der Waals surface area contributed by atoms with Gasteiger partial charge in [-0.1, -0.05) is 6.07 Å². The van der Waals surface area contributed by atoms with Crippen LogP contribution in [0.1, 0.15) is 10.4 Å². The molecule has 0 saturated carbocycles. The van der Waals surface area contributed by atoms with Gasteiger partial charge in [0.05, 0.1) is 4.92 Å². The van der Waals surface area contributed by atoms with E-state index >= 15 is 0 Å². The van der Waals surface area contributed by atoms with Crippen LogP contribution in [0.2, 0.25) is 0 Å². The Hall–Kier alpha value is -4.08. The predicted octanol–water partition coefficient (Wildman–Crippen LogP) is 3.85. The number of hydrogen-bond acceptors (Lipinski definition) is 6. The minimum absolute atomic E-state index is 0.0113. The maximum atomic E-state index is 13.4. The summed E-state index contributed by atoms with van der Waals surface area (Å²) in [6.07, 6.45) is 1.72. The quantitative estimate of drug-likeness (QED) is 0.480. The van der Waals surface area contributed by atoms with Crippen molar-refractivity contribution < 1.29 is 18.5 Å². The van der Waals surface area contributed by atoms with Gasteiger partial charge in [-0.2, -0.15) is 0 Å². The number of halogens is 2. The summed E-state index contributed by atoms with van der Waals surface area (Å²) in [5.74, 6) is -1.54. The van der Waals surface area contributed by atoms with Crippen molar-refractivity contribution in [3.8, 4) is 0 Å². The monoisotopic (exact) mass is 439 g/mol. The summed E-state index contributed by atoms with van der Waals surface area (Å²) in [6, 6.07) is 12.4. The van der Waals surface area contributed by atoms with E-state index in [0.717, 1.165) is 18.0 Å². The number of benzene rings is 2. The number of amides is 1. The highest BCUT2D eigenvalue weighted by Gasteiger charge is 2.25. The first-order chi connectivity index (χ1) is 15.4. The molecular weight excluding hydrogens is 420 g/mol. The number of pyridine rings is 1. The third-order valence-corrected chi connectivity index (χ3v) is 5.15. The zero-order valence-electron chi connectivity index (χ0n) is 16.9. The summed E-state index contributed by atoms with van der Waals surface area (Å²) in [5, 5.41) is 14.1. The lowest BCUT2D eigenvalue weighted by Gasteiger charge is -2.36. The van der Waals surface area contributed by atoms with Gasteiger partial charge in [-0.15, -0.1) is 0 Å². The Balaban J connectivity index is 1.51. The van der Waals surface area contributed by atoms with E-state index in [4.69, 9.17) is 0 Å². The standard InChI is InChI=1S/C22H19F2N5O3/c23-16-12-17(24)14-18(13-16)26-22(30)15-4-5-19(20(11-15)29(31)32)27-7-9-28(10-8-27)21-3-1-2-6-25-21/h1-6,11-14H,7-10H2,(H,26,30). The van der Waals surface area contributed by atoms with E-state index in [1.165, 1.54) is 18.2 Å². The number of nitrogens with one attached hydrogen (secondary N) is 1. The van der Waals surface area contributed by atoms with Gasteiger partial charge in [0.1, 0.15) is 23.1 Å². The number of nitrogens with zero attached hydrogens (tertiary/aromatic N) is 4. The molecule has 1 fully saturated rings. The molecule has 4 rings (SSSR count). The van der Waals surface area contributed by atoms with Gasteiger partial charge in [-0.05, 0) is 36.4 Å². The van der Waals surface area contributed by atoms with Crippen LogP contribution in [0.25, 0.3) is 0 Å². The van der Waals surface area contributed by atoms with Crippen LogP contribution in [-0.4, -0.2) is 42.0 Å². The summed E-state index contributed by atoms with van der Waals surface area (Å²) < 4.78 is 26.7. The SMILES string of the molecule is O=C(Nc1cc(F)cc(F)c1)c1ccc(N2CCN(c3ccccn3)CC2)c([N+](=O)[O-])c1. The fraction of sp³-hybridized carbons (Fsp3) is 0.182. The molecule has 32 heavy (non-hydrogen) atoms. The number of nitro benzene ring substituents is 1. The molecule has 0 aliphatic carbocycles. The van der Waals surface area contributed by atoms with Crippen molar-refractivity contribution in [3.05, 3.63) is 88.1 Å². The highest BCUT2D eigenvalue weighted by Crippen LogP contribution is 2.31. The van der Waals surface area contributed by atoms with Crippen LogP contribution in [0.4, 0.5) is 31.7 Å². The molecule has 0 unspecified atom stereocenters. The maximum absolute atomic E-state index is 13.4. The van der Waals surface area contributed by atoms with Crippen LogP contribution in [0, 0.1) is 21.7 Å². The third kappa shape index (κ3) is 4.64. The Bertz CT molecular complexity index is 1130. The fourth-order valence-corrected chi connectivity index (χ4v) is 3.62. The second kappa shape index (κ2) is 8.96. The molecule has 0 spiro atoms. The highest BCUT2D eigenvalue weighted by molar-refractivity contribution is 6.05. The van der Waals surface area contributed by atoms with Crippen LogP contribution in [-0.2, 0) is 0 Å². The molecule has 1 saturated heterocycles. The average Bonchev–Trinajstić information content (AvgIpc) is 2.78. The zero-order valence-corrected chi connectivity index (χ0v) is 16.9. The maximum Gasteiger partial charge on any atom is 0.293 e. The molecule has 8 nitrogen and oxygen atoms in total. The summed E-state index contributed by atoms with van der Waals surface area (Å²) >= 11 is 0. The van der Waals surface area contributed by atoms with E-state index in [-0.39, 0.29) is 16.9 Å². The average molecular weight is 439 g/mol. The molecule has 0 radical (unpaired) electrons. The second-order valence-electron chi connectivity index (χ2n) is 7.23. The van der Waals surface area contributed by atoms with E-state index < -0.39 is 22.5 Å². The van der Waals surface area contributed by atoms with E-state index in [1.807, 2.05) is 23.1 Å². The number of anilines is 3. The lowest BCUT2D eigenvalue weighted by atomic mass is 10.1. The molecule has 1 aromatic heterocycles. The number of hydrogen-bond donors (Lipinski definition) is 1. The van der Waals surface area contributed by atoms with Crippen molar-refractivity contribution in [1.29, 1.82) is 0 Å². The Kier molecular flexibility index (Phi) is 5.93. The van der Waals surface area contributed by atoms with E-state index in [9.17, 15) is 23.7 Å². The number of carbonyl (C=O) groups is 1. The van der Waals surface area contributed by atoms with Crippen LogP contribution in [0.3, 0.4) is 0 Å². The number of piperazine rings is 1. The van der Waals surface area contributed by atoms with Crippen molar-refractivity contribution in [2.45, 2.75) is 0 Å². The molecule has 1 aliphatic heterocycles. The minimum Gasteiger partial charge on any atom is -0.362 e. The molecule has 0 atom stereocenters. The summed E-state index contributed by atoms with van der Waals surface area (Å²) in [7, 11) is 0. The Labute approximate surface area is 182 Å². The van der Waals surface area contributed by atoms with Gasteiger partial charge in [-0.3, -0.25) is 14.9 Å². The zero-order chi connectivity index (χ0) is 22.7. The Morgan fingerprint density at radius 2 is 1.66 bits per heavy atom. The van der Waals surface area contributed by atoms with Crippen LogP contribution in [0.15, 0.2) is 60.8 Å². The second-order valence-corrected chi connectivity index (χ2v) is 7.23. The molecule has 10 heteroatoms. The third-order valence-electron chi connectivity index (χ3n) is 5.15. The first-order valence-electron chi connectivity index (χ1n) is 9.87. The predicted molar refractivity (Wildman–Crippen MR) is 116 cm³/mol. The van der Waals surface area contributed by atoms with Crippen molar-refractivity contribution in [2.24, 2.45) is 0 Å². The van der Waals surface area contributed by atoms with Gasteiger partial charge in [0.15, 0.2) is 0 Å². The highest BCUT2D eigenvalue weighted by atomic mass is 19.1. The fourth-order valence-electron chi connectivity index (χ4n) is 3.62. The van der Waals surface area contributed by atoms with Gasteiger partial charge >= 0.3 is 0 Å². The van der Waals surface area contributed by atoms with Crippen molar-refractivity contribution in [1.82, 2.24) is 4.98 Å². The molecule has 1 N–H and O–H groups in total. The molecular formula is C22H19F2N5O3. The summed E-state index contributed by atoms with van der Waals surface area (Å²) in [5.41, 5.74) is 0.125. The van der Waals surface area contributed by atoms with Gasteiger partial charge in [-0.25, -0.2) is 13.8 Å². The van der Waals surface area contributed by atoms with Gasteiger partial charge < -0.3 is 15.1 Å². The molecule has 2 aromatic carbocycles. The van der Waals surface area contributed by atoms with Gasteiger partial charge in [0, 0.05) is 55.8 Å². The first kappa shape index (κ1) is 21.2. The molecule has 1 aliphatic rings. The first-order valence-corrected chi connectivity index (χ1v) is 9.87. The lowest BCUT2D eigenvalue weighted by molar-refractivity contribution is -0.384. The van der Waals surface area contributed by atoms with Crippen LogP contribution in [0.5, 0.6) is 0 Å². The van der Waals surface area contributed by atoms with Crippen molar-refractivity contribution >= 4 is 28.8 Å². The molecule has 0 bridgehead atoms. The largest absolute Gasteiger partial charge is 0.362 e. The lowest BCUT2D eigenvalue weighted by Crippen LogP contribution is -2.47.